The SMILES string of the molecule is C=C(C)C1=CC(=O)OC1=O. The van der Waals surface area contributed by atoms with Crippen LogP contribution in [-0.2, 0) is 14.3 Å². The molecule has 0 bridgehead atoms. The van der Waals surface area contributed by atoms with Crippen molar-refractivity contribution >= 4 is 11.9 Å². The van der Waals surface area contributed by atoms with Crippen molar-refractivity contribution in [3.05, 3.63) is 23.8 Å². The highest BCUT2D eigenvalue weighted by Crippen LogP contribution is 2.14. The van der Waals surface area contributed by atoms with E-state index in [4.69, 9.17) is 0 Å². The summed E-state index contributed by atoms with van der Waals surface area (Å²) in [6, 6.07) is 0. The van der Waals surface area contributed by atoms with Gasteiger partial charge in [0.25, 0.3) is 0 Å². The van der Waals surface area contributed by atoms with Crippen molar-refractivity contribution in [1.29, 1.82) is 0 Å². The maximum absolute atomic E-state index is 10.7. The summed E-state index contributed by atoms with van der Waals surface area (Å²) in [5.74, 6) is -1.21. The third kappa shape index (κ3) is 0.978. The zero-order valence-electron chi connectivity index (χ0n) is 5.51. The van der Waals surface area contributed by atoms with Crippen molar-refractivity contribution in [3.63, 3.8) is 0 Å². The van der Waals surface area contributed by atoms with Crippen LogP contribution < -0.4 is 0 Å². The molecule has 0 saturated carbocycles. The molecule has 52 valence electrons. The molecule has 0 aromatic carbocycles. The minimum Gasteiger partial charge on any atom is -0.386 e. The van der Waals surface area contributed by atoms with Crippen LogP contribution in [0.1, 0.15) is 6.92 Å². The molecule has 0 fully saturated rings. The predicted molar refractivity (Wildman–Crippen MR) is 34.0 cm³/mol. The summed E-state index contributed by atoms with van der Waals surface area (Å²) < 4.78 is 4.20. The van der Waals surface area contributed by atoms with Crippen LogP contribution in [0.25, 0.3) is 0 Å². The van der Waals surface area contributed by atoms with E-state index in [1.165, 1.54) is 0 Å². The van der Waals surface area contributed by atoms with Gasteiger partial charge in [0.05, 0.1) is 5.57 Å². The van der Waals surface area contributed by atoms with Crippen LogP contribution in [0.2, 0.25) is 0 Å². The van der Waals surface area contributed by atoms with Crippen LogP contribution in [-0.4, -0.2) is 11.9 Å². The maximum atomic E-state index is 10.7. The Morgan fingerprint density at radius 3 is 2.40 bits per heavy atom. The number of esters is 2. The quantitative estimate of drug-likeness (QED) is 0.393. The third-order valence-corrected chi connectivity index (χ3v) is 1.14. The molecule has 0 aliphatic carbocycles. The lowest BCUT2D eigenvalue weighted by Crippen LogP contribution is -2.01. The molecule has 1 aliphatic heterocycles. The average molecular weight is 138 g/mol. The van der Waals surface area contributed by atoms with Gasteiger partial charge in [0.1, 0.15) is 0 Å². The molecule has 0 amide bonds. The molecule has 0 aromatic rings. The molecule has 10 heavy (non-hydrogen) atoms. The van der Waals surface area contributed by atoms with Gasteiger partial charge in [-0.15, -0.1) is 0 Å². The molecule has 0 atom stereocenters. The van der Waals surface area contributed by atoms with Crippen molar-refractivity contribution < 1.29 is 14.3 Å². The zero-order chi connectivity index (χ0) is 7.72. The Labute approximate surface area is 58.0 Å². The fraction of sp³-hybridized carbons (Fsp3) is 0.143. The van der Waals surface area contributed by atoms with Gasteiger partial charge in [0.15, 0.2) is 0 Å². The summed E-state index contributed by atoms with van der Waals surface area (Å²) in [5, 5.41) is 0. The van der Waals surface area contributed by atoms with Crippen LogP contribution in [0.15, 0.2) is 23.8 Å². The van der Waals surface area contributed by atoms with E-state index in [9.17, 15) is 9.59 Å². The van der Waals surface area contributed by atoms with Crippen molar-refractivity contribution in [3.8, 4) is 0 Å². The standard InChI is InChI=1S/C7H6O3/c1-4(2)5-3-6(8)10-7(5)9/h3H,1H2,2H3. The highest BCUT2D eigenvalue weighted by atomic mass is 16.6. The molecular formula is C7H6O3. The monoisotopic (exact) mass is 138 g/mol. The third-order valence-electron chi connectivity index (χ3n) is 1.14. The largest absolute Gasteiger partial charge is 0.386 e. The van der Waals surface area contributed by atoms with Crippen molar-refractivity contribution in [1.82, 2.24) is 0 Å². The lowest BCUT2D eigenvalue weighted by Gasteiger charge is -1.92. The first-order valence-electron chi connectivity index (χ1n) is 2.75. The maximum Gasteiger partial charge on any atom is 0.346 e. The van der Waals surface area contributed by atoms with Crippen molar-refractivity contribution in [2.75, 3.05) is 0 Å². The molecule has 0 spiro atoms. The number of cyclic esters (lactones) is 2. The Morgan fingerprint density at radius 2 is 2.20 bits per heavy atom. The van der Waals surface area contributed by atoms with Gasteiger partial charge in [-0.2, -0.15) is 0 Å². The number of rotatable bonds is 1. The minimum atomic E-state index is -0.608. The van der Waals surface area contributed by atoms with E-state index in [0.29, 0.717) is 5.57 Å². The summed E-state index contributed by atoms with van der Waals surface area (Å²) in [6.07, 6.45) is 1.14. The molecule has 1 rings (SSSR count). The Balaban J connectivity index is 2.96. The molecule has 3 heteroatoms. The smallest absolute Gasteiger partial charge is 0.346 e. The van der Waals surface area contributed by atoms with Crippen LogP contribution in [0.4, 0.5) is 0 Å². The summed E-state index contributed by atoms with van der Waals surface area (Å²) in [4.78, 5) is 21.1. The number of hydrogen-bond donors (Lipinski definition) is 0. The van der Waals surface area contributed by atoms with E-state index in [2.05, 4.69) is 11.3 Å². The van der Waals surface area contributed by atoms with Crippen LogP contribution in [0.5, 0.6) is 0 Å². The van der Waals surface area contributed by atoms with E-state index in [1.807, 2.05) is 0 Å². The second-order valence-corrected chi connectivity index (χ2v) is 2.05. The lowest BCUT2D eigenvalue weighted by molar-refractivity contribution is -0.150. The highest BCUT2D eigenvalue weighted by molar-refractivity contribution is 6.11. The Kier molecular flexibility index (Phi) is 1.41. The molecule has 0 aromatic heterocycles. The van der Waals surface area contributed by atoms with Crippen LogP contribution in [0.3, 0.4) is 0 Å². The first-order chi connectivity index (χ1) is 4.61. The number of ether oxygens (including phenoxy) is 1. The van der Waals surface area contributed by atoms with Gasteiger partial charge in [-0.25, -0.2) is 9.59 Å². The van der Waals surface area contributed by atoms with Crippen molar-refractivity contribution in [2.24, 2.45) is 0 Å². The Bertz CT molecular complexity index is 248. The normalized spacial score (nSPS) is 16.7. The molecule has 0 saturated heterocycles. The molecular weight excluding hydrogens is 132 g/mol. The summed E-state index contributed by atoms with van der Waals surface area (Å²) in [6.45, 7) is 5.15. The fourth-order valence-electron chi connectivity index (χ4n) is 0.650. The predicted octanol–water partition coefficient (Wildman–Crippen LogP) is 0.572. The zero-order valence-corrected chi connectivity index (χ0v) is 5.51. The molecule has 1 heterocycles. The minimum absolute atomic E-state index is 0.269. The molecule has 1 aliphatic rings. The number of carbonyl (C=O) groups excluding carboxylic acids is 2. The van der Waals surface area contributed by atoms with Gasteiger partial charge in [-0.1, -0.05) is 6.58 Å². The highest BCUT2D eigenvalue weighted by Gasteiger charge is 2.23. The number of hydrogen-bond acceptors (Lipinski definition) is 3. The Hall–Kier alpha value is -1.38. The second-order valence-electron chi connectivity index (χ2n) is 2.05. The average Bonchev–Trinajstić information content (AvgIpc) is 2.10. The van der Waals surface area contributed by atoms with Gasteiger partial charge < -0.3 is 4.74 Å². The van der Waals surface area contributed by atoms with E-state index < -0.39 is 11.9 Å². The first-order valence-corrected chi connectivity index (χ1v) is 2.75. The molecule has 0 N–H and O–H groups in total. The Morgan fingerprint density at radius 1 is 1.60 bits per heavy atom. The lowest BCUT2D eigenvalue weighted by atomic mass is 10.1. The van der Waals surface area contributed by atoms with E-state index in [0.717, 1.165) is 6.08 Å². The van der Waals surface area contributed by atoms with E-state index in [-0.39, 0.29) is 5.57 Å². The summed E-state index contributed by atoms with van der Waals surface area (Å²) in [5.41, 5.74) is 0.820. The van der Waals surface area contributed by atoms with Gasteiger partial charge in [0.2, 0.25) is 0 Å². The van der Waals surface area contributed by atoms with Crippen LogP contribution in [0, 0.1) is 0 Å². The van der Waals surface area contributed by atoms with E-state index in [1.54, 1.807) is 6.92 Å². The fourth-order valence-corrected chi connectivity index (χ4v) is 0.650. The molecule has 0 unspecified atom stereocenters. The molecule has 0 radical (unpaired) electrons. The van der Waals surface area contributed by atoms with Crippen LogP contribution >= 0.6 is 0 Å². The number of carbonyl (C=O) groups is 2. The topological polar surface area (TPSA) is 43.4 Å². The van der Waals surface area contributed by atoms with Gasteiger partial charge in [-0.3, -0.25) is 0 Å². The summed E-state index contributed by atoms with van der Waals surface area (Å²) >= 11 is 0. The second kappa shape index (κ2) is 2.10. The van der Waals surface area contributed by atoms with Gasteiger partial charge in [-0.05, 0) is 12.5 Å². The molecule has 3 nitrogen and oxygen atoms in total. The van der Waals surface area contributed by atoms with Crippen molar-refractivity contribution in [2.45, 2.75) is 6.92 Å². The van der Waals surface area contributed by atoms with E-state index >= 15 is 0 Å². The van der Waals surface area contributed by atoms with Gasteiger partial charge >= 0.3 is 11.9 Å². The summed E-state index contributed by atoms with van der Waals surface area (Å²) in [7, 11) is 0. The van der Waals surface area contributed by atoms with Gasteiger partial charge in [0, 0.05) is 6.08 Å². The first kappa shape index (κ1) is 6.74.